The van der Waals surface area contributed by atoms with Crippen LogP contribution in [0.25, 0.3) is 0 Å². The predicted molar refractivity (Wildman–Crippen MR) is 97.2 cm³/mol. The van der Waals surface area contributed by atoms with E-state index in [1.54, 1.807) is 7.05 Å². The van der Waals surface area contributed by atoms with Crippen LogP contribution in [0.4, 0.5) is 4.79 Å². The highest BCUT2D eigenvalue weighted by molar-refractivity contribution is 5.85. The van der Waals surface area contributed by atoms with Gasteiger partial charge in [-0.05, 0) is 17.9 Å². The first-order valence-electron chi connectivity index (χ1n) is 9.12. The Morgan fingerprint density at radius 3 is 2.52 bits per heavy atom. The number of amides is 2. The number of rotatable bonds is 7. The summed E-state index contributed by atoms with van der Waals surface area (Å²) in [4.78, 5) is 26.5. The van der Waals surface area contributed by atoms with Gasteiger partial charge in [0.25, 0.3) is 0 Å². The number of benzene rings is 1. The van der Waals surface area contributed by atoms with Gasteiger partial charge in [-0.15, -0.1) is 0 Å². The van der Waals surface area contributed by atoms with E-state index in [4.69, 9.17) is 4.74 Å². The van der Waals surface area contributed by atoms with Crippen LogP contribution in [0.5, 0.6) is 0 Å². The van der Waals surface area contributed by atoms with Crippen molar-refractivity contribution in [2.24, 2.45) is 5.92 Å². The van der Waals surface area contributed by atoms with Crippen LogP contribution in [0.15, 0.2) is 30.3 Å². The molecule has 7 nitrogen and oxygen atoms in total. The molecule has 0 aromatic heterocycles. The number of nitrogens with two attached hydrogens (primary N) is 1. The number of halogens is 1. The largest absolute Gasteiger partial charge is 1.00 e. The molecule has 2 amide bonds. The fourth-order valence-corrected chi connectivity index (χ4v) is 3.04. The Morgan fingerprint density at radius 2 is 1.96 bits per heavy atom. The maximum absolute atomic E-state index is 12.7. The molecule has 1 aromatic rings. The number of carbonyl (C=O) groups excluding carboxylic acids is 2. The van der Waals surface area contributed by atoms with E-state index in [0.29, 0.717) is 19.5 Å². The maximum atomic E-state index is 12.7. The number of aliphatic hydroxyl groups is 1. The van der Waals surface area contributed by atoms with Crippen molar-refractivity contribution in [3.8, 4) is 0 Å². The summed E-state index contributed by atoms with van der Waals surface area (Å²) in [7, 11) is 1.58. The molecular formula is C19H30ClN3O4. The van der Waals surface area contributed by atoms with Gasteiger partial charge in [0.05, 0.1) is 6.54 Å². The van der Waals surface area contributed by atoms with Crippen molar-refractivity contribution in [2.45, 2.75) is 45.1 Å². The minimum absolute atomic E-state index is 0. The van der Waals surface area contributed by atoms with Gasteiger partial charge in [-0.25, -0.2) is 4.79 Å². The first-order valence-corrected chi connectivity index (χ1v) is 9.12. The SMILES string of the molecule is CC(C)C[C@@H](C(=O)NC1C[NH2+]CC1O)N(C)C(=O)OCc1ccccc1.[Cl-]. The number of ether oxygens (including phenoxy) is 1. The number of quaternary nitrogens is 1. The van der Waals surface area contributed by atoms with Gasteiger partial charge >= 0.3 is 6.09 Å². The van der Waals surface area contributed by atoms with E-state index >= 15 is 0 Å². The van der Waals surface area contributed by atoms with Gasteiger partial charge in [-0.2, -0.15) is 0 Å². The Balaban J connectivity index is 0.00000364. The lowest BCUT2D eigenvalue weighted by atomic mass is 10.0. The van der Waals surface area contributed by atoms with Crippen molar-refractivity contribution in [1.29, 1.82) is 0 Å². The minimum atomic E-state index is -0.633. The van der Waals surface area contributed by atoms with Crippen LogP contribution in [0.2, 0.25) is 0 Å². The van der Waals surface area contributed by atoms with Gasteiger partial charge in [0.1, 0.15) is 31.3 Å². The lowest BCUT2D eigenvalue weighted by Gasteiger charge is -2.29. The first kappa shape index (κ1) is 23.2. The third kappa shape index (κ3) is 7.01. The molecule has 0 saturated carbocycles. The smallest absolute Gasteiger partial charge is 0.410 e. The molecule has 0 aliphatic carbocycles. The molecule has 152 valence electrons. The summed E-state index contributed by atoms with van der Waals surface area (Å²) in [5.74, 6) is -0.0209. The normalized spacial score (nSPS) is 19.9. The van der Waals surface area contributed by atoms with Crippen LogP contribution in [0.3, 0.4) is 0 Å². The number of nitrogens with one attached hydrogen (secondary N) is 1. The molecule has 2 rings (SSSR count). The van der Waals surface area contributed by atoms with Crippen molar-refractivity contribution < 1.29 is 37.2 Å². The van der Waals surface area contributed by atoms with Gasteiger partial charge in [0.2, 0.25) is 5.91 Å². The molecule has 1 heterocycles. The Hall–Kier alpha value is -1.83. The van der Waals surface area contributed by atoms with Crippen LogP contribution >= 0.6 is 0 Å². The highest BCUT2D eigenvalue weighted by atomic mass is 35.5. The van der Waals surface area contributed by atoms with E-state index in [1.807, 2.05) is 49.5 Å². The second kappa shape index (κ2) is 11.1. The lowest BCUT2D eigenvalue weighted by molar-refractivity contribution is -0.639. The first-order chi connectivity index (χ1) is 12.4. The van der Waals surface area contributed by atoms with E-state index in [1.165, 1.54) is 4.90 Å². The van der Waals surface area contributed by atoms with Gasteiger partial charge in [0.15, 0.2) is 0 Å². The van der Waals surface area contributed by atoms with Crippen LogP contribution in [0, 0.1) is 5.92 Å². The lowest BCUT2D eigenvalue weighted by Crippen LogP contribution is -3.00. The van der Waals surface area contributed by atoms with Crippen molar-refractivity contribution in [3.63, 3.8) is 0 Å². The van der Waals surface area contributed by atoms with Gasteiger partial charge in [0, 0.05) is 7.05 Å². The monoisotopic (exact) mass is 399 g/mol. The van der Waals surface area contributed by atoms with Crippen molar-refractivity contribution in [2.75, 3.05) is 20.1 Å². The zero-order valence-corrected chi connectivity index (χ0v) is 16.9. The summed E-state index contributed by atoms with van der Waals surface area (Å²) in [6, 6.07) is 8.50. The number of carbonyl (C=O) groups is 2. The van der Waals surface area contributed by atoms with Gasteiger partial charge < -0.3 is 32.9 Å². The number of nitrogens with zero attached hydrogens (tertiary/aromatic N) is 1. The Morgan fingerprint density at radius 1 is 1.30 bits per heavy atom. The molecule has 1 aliphatic heterocycles. The second-order valence-corrected chi connectivity index (χ2v) is 7.24. The zero-order valence-electron chi connectivity index (χ0n) is 16.1. The maximum Gasteiger partial charge on any atom is 0.410 e. The zero-order chi connectivity index (χ0) is 19.1. The van der Waals surface area contributed by atoms with Crippen LogP contribution in [-0.2, 0) is 16.1 Å². The number of hydrogen-bond donors (Lipinski definition) is 3. The predicted octanol–water partition coefficient (Wildman–Crippen LogP) is -2.90. The molecule has 27 heavy (non-hydrogen) atoms. The quantitative estimate of drug-likeness (QED) is 0.458. The third-order valence-corrected chi connectivity index (χ3v) is 4.58. The number of likely N-dealkylation sites (N-methyl/N-ethyl adjacent to an activating group) is 1. The molecule has 1 aromatic carbocycles. The Labute approximate surface area is 166 Å². The van der Waals surface area contributed by atoms with Crippen LogP contribution in [-0.4, -0.2) is 60.3 Å². The highest BCUT2D eigenvalue weighted by Gasteiger charge is 2.35. The number of aliphatic hydroxyl groups excluding tert-OH is 1. The van der Waals surface area contributed by atoms with Crippen LogP contribution < -0.4 is 23.0 Å². The molecule has 0 radical (unpaired) electrons. The highest BCUT2D eigenvalue weighted by Crippen LogP contribution is 2.13. The summed E-state index contributed by atoms with van der Waals surface area (Å²) in [6.45, 7) is 5.39. The molecule has 4 N–H and O–H groups in total. The van der Waals surface area contributed by atoms with Gasteiger partial charge in [-0.3, -0.25) is 9.69 Å². The molecule has 0 bridgehead atoms. The third-order valence-electron chi connectivity index (χ3n) is 4.58. The Bertz CT molecular complexity index is 600. The molecule has 1 fully saturated rings. The van der Waals surface area contributed by atoms with Crippen LogP contribution in [0.1, 0.15) is 25.8 Å². The van der Waals surface area contributed by atoms with Crippen molar-refractivity contribution in [1.82, 2.24) is 10.2 Å². The molecule has 0 spiro atoms. The standard InChI is InChI=1S/C19H29N3O4.ClH/c1-13(2)9-16(18(24)21-15-10-20-11-17(15)23)22(3)19(25)26-12-14-7-5-4-6-8-14;/h4-8,13,15-17,20,23H,9-12H2,1-3H3,(H,21,24);1H/t15?,16-,17?;/m0./s1. The fraction of sp³-hybridized carbons (Fsp3) is 0.579. The van der Waals surface area contributed by atoms with Crippen molar-refractivity contribution >= 4 is 12.0 Å². The number of hydrogen-bond acceptors (Lipinski definition) is 4. The van der Waals surface area contributed by atoms with Crippen molar-refractivity contribution in [3.05, 3.63) is 35.9 Å². The Kier molecular flexibility index (Phi) is 9.55. The summed E-state index contributed by atoms with van der Waals surface area (Å²) in [5, 5.41) is 14.7. The summed E-state index contributed by atoms with van der Waals surface area (Å²) in [6.07, 6.45) is -0.572. The average molecular weight is 400 g/mol. The average Bonchev–Trinajstić information content (AvgIpc) is 3.02. The van der Waals surface area contributed by atoms with E-state index in [2.05, 4.69) is 5.32 Å². The van der Waals surface area contributed by atoms with E-state index in [-0.39, 0.29) is 36.9 Å². The summed E-state index contributed by atoms with van der Waals surface area (Å²) in [5.41, 5.74) is 0.892. The molecule has 3 atom stereocenters. The summed E-state index contributed by atoms with van der Waals surface area (Å²) >= 11 is 0. The minimum Gasteiger partial charge on any atom is -1.00 e. The molecule has 1 saturated heterocycles. The van der Waals surface area contributed by atoms with Gasteiger partial charge in [-0.1, -0.05) is 44.2 Å². The molecule has 8 heteroatoms. The molecular weight excluding hydrogens is 370 g/mol. The molecule has 2 unspecified atom stereocenters. The summed E-state index contributed by atoms with van der Waals surface area (Å²) < 4.78 is 5.35. The molecule has 1 aliphatic rings. The topological polar surface area (TPSA) is 95.5 Å². The fourth-order valence-electron chi connectivity index (χ4n) is 3.04. The van der Waals surface area contributed by atoms with E-state index in [0.717, 1.165) is 5.56 Å². The van der Waals surface area contributed by atoms with E-state index < -0.39 is 18.2 Å². The van der Waals surface area contributed by atoms with E-state index in [9.17, 15) is 14.7 Å². The second-order valence-electron chi connectivity index (χ2n) is 7.24.